The fraction of sp³-hybridized carbons (Fsp3) is 0.417. The molecule has 0 aliphatic carbocycles. The number of rotatable bonds is 4. The molecular weight excluding hydrogens is 238 g/mol. The Balaban J connectivity index is 2.24. The Morgan fingerprint density at radius 1 is 1.50 bits per heavy atom. The number of benzene rings is 1. The standard InChI is InChI=1S/C12H15NO5/c1-7(12(15)13-2)18-9-4-11-10(16-6-17-11)3-8(9)5-14/h3-4,7,14H,5-6H2,1-2H3,(H,13,15). The van der Waals surface area contributed by atoms with Crippen LogP contribution < -0.4 is 19.5 Å². The molecule has 0 bridgehead atoms. The van der Waals surface area contributed by atoms with E-state index in [4.69, 9.17) is 14.2 Å². The Hall–Kier alpha value is -1.95. The molecular formula is C12H15NO5. The lowest BCUT2D eigenvalue weighted by Gasteiger charge is -2.16. The third-order valence-electron chi connectivity index (χ3n) is 2.65. The number of likely N-dealkylation sites (N-methyl/N-ethyl adjacent to an activating group) is 1. The molecule has 6 nitrogen and oxygen atoms in total. The molecule has 0 spiro atoms. The minimum atomic E-state index is -0.652. The van der Waals surface area contributed by atoms with Crippen molar-refractivity contribution >= 4 is 5.91 Å². The van der Waals surface area contributed by atoms with Crippen molar-refractivity contribution < 1.29 is 24.1 Å². The average molecular weight is 253 g/mol. The highest BCUT2D eigenvalue weighted by Crippen LogP contribution is 2.38. The highest BCUT2D eigenvalue weighted by Gasteiger charge is 2.20. The first-order valence-corrected chi connectivity index (χ1v) is 5.57. The van der Waals surface area contributed by atoms with E-state index in [-0.39, 0.29) is 19.3 Å². The third-order valence-corrected chi connectivity index (χ3v) is 2.65. The van der Waals surface area contributed by atoms with E-state index in [0.717, 1.165) is 0 Å². The van der Waals surface area contributed by atoms with Crippen LogP contribution in [0.2, 0.25) is 0 Å². The van der Waals surface area contributed by atoms with Crippen LogP contribution >= 0.6 is 0 Å². The molecule has 98 valence electrons. The number of carbonyl (C=O) groups excluding carboxylic acids is 1. The summed E-state index contributed by atoms with van der Waals surface area (Å²) in [6.07, 6.45) is -0.652. The Morgan fingerprint density at radius 3 is 2.78 bits per heavy atom. The van der Waals surface area contributed by atoms with Crippen LogP contribution in [0.3, 0.4) is 0 Å². The maximum absolute atomic E-state index is 11.4. The number of amides is 1. The van der Waals surface area contributed by atoms with Gasteiger partial charge in [-0.1, -0.05) is 0 Å². The Bertz CT molecular complexity index is 460. The molecule has 2 rings (SSSR count). The van der Waals surface area contributed by atoms with E-state index >= 15 is 0 Å². The average Bonchev–Trinajstić information content (AvgIpc) is 2.83. The van der Waals surface area contributed by atoms with E-state index in [2.05, 4.69) is 5.32 Å². The molecule has 1 aliphatic rings. The van der Waals surface area contributed by atoms with Gasteiger partial charge in [-0.2, -0.15) is 0 Å². The summed E-state index contributed by atoms with van der Waals surface area (Å²) in [5.74, 6) is 1.29. The normalized spacial score (nSPS) is 14.2. The van der Waals surface area contributed by atoms with Gasteiger partial charge in [0.05, 0.1) is 6.61 Å². The van der Waals surface area contributed by atoms with Crippen LogP contribution in [0, 0.1) is 0 Å². The molecule has 1 aromatic rings. The predicted molar refractivity (Wildman–Crippen MR) is 62.6 cm³/mol. The monoisotopic (exact) mass is 253 g/mol. The second-order valence-electron chi connectivity index (χ2n) is 3.85. The van der Waals surface area contributed by atoms with Crippen molar-refractivity contribution in [2.45, 2.75) is 19.6 Å². The van der Waals surface area contributed by atoms with Gasteiger partial charge in [0.1, 0.15) is 5.75 Å². The van der Waals surface area contributed by atoms with Crippen LogP contribution in [0.1, 0.15) is 12.5 Å². The molecule has 0 saturated carbocycles. The van der Waals surface area contributed by atoms with Gasteiger partial charge in [0.2, 0.25) is 6.79 Å². The fourth-order valence-corrected chi connectivity index (χ4v) is 1.65. The number of hydrogen-bond donors (Lipinski definition) is 2. The second-order valence-corrected chi connectivity index (χ2v) is 3.85. The van der Waals surface area contributed by atoms with E-state index in [1.54, 1.807) is 19.1 Å². The van der Waals surface area contributed by atoms with Crippen LogP contribution in [0.4, 0.5) is 0 Å². The molecule has 6 heteroatoms. The summed E-state index contributed by atoms with van der Waals surface area (Å²) in [7, 11) is 1.54. The SMILES string of the molecule is CNC(=O)C(C)Oc1cc2c(cc1CO)OCO2. The zero-order valence-corrected chi connectivity index (χ0v) is 10.2. The topological polar surface area (TPSA) is 77.0 Å². The van der Waals surface area contributed by atoms with Crippen molar-refractivity contribution in [1.82, 2.24) is 5.32 Å². The van der Waals surface area contributed by atoms with Crippen molar-refractivity contribution in [3.63, 3.8) is 0 Å². The molecule has 1 amide bonds. The molecule has 18 heavy (non-hydrogen) atoms. The zero-order valence-electron chi connectivity index (χ0n) is 10.2. The lowest BCUT2D eigenvalue weighted by molar-refractivity contribution is -0.126. The lowest BCUT2D eigenvalue weighted by Crippen LogP contribution is -2.33. The van der Waals surface area contributed by atoms with E-state index in [9.17, 15) is 9.90 Å². The Kier molecular flexibility index (Phi) is 3.57. The fourth-order valence-electron chi connectivity index (χ4n) is 1.65. The maximum Gasteiger partial charge on any atom is 0.260 e. The summed E-state index contributed by atoms with van der Waals surface area (Å²) in [5, 5.41) is 11.8. The summed E-state index contributed by atoms with van der Waals surface area (Å²) < 4.78 is 15.9. The highest BCUT2D eigenvalue weighted by molar-refractivity contribution is 5.80. The summed E-state index contributed by atoms with van der Waals surface area (Å²) in [6.45, 7) is 1.58. The van der Waals surface area contributed by atoms with Gasteiger partial charge >= 0.3 is 0 Å². The predicted octanol–water partition coefficient (Wildman–Crippen LogP) is 0.421. The van der Waals surface area contributed by atoms with Gasteiger partial charge in [-0.05, 0) is 13.0 Å². The van der Waals surface area contributed by atoms with Crippen molar-refractivity contribution in [3.05, 3.63) is 17.7 Å². The van der Waals surface area contributed by atoms with Crippen molar-refractivity contribution in [2.24, 2.45) is 0 Å². The first-order chi connectivity index (χ1) is 8.65. The molecule has 0 saturated heterocycles. The Morgan fingerprint density at radius 2 is 2.17 bits per heavy atom. The lowest BCUT2D eigenvalue weighted by atomic mass is 10.2. The molecule has 2 N–H and O–H groups in total. The number of aliphatic hydroxyl groups is 1. The van der Waals surface area contributed by atoms with Crippen LogP contribution in [0.15, 0.2) is 12.1 Å². The van der Waals surface area contributed by atoms with E-state index in [1.807, 2.05) is 0 Å². The van der Waals surface area contributed by atoms with E-state index in [1.165, 1.54) is 7.05 Å². The number of hydrogen-bond acceptors (Lipinski definition) is 5. The number of ether oxygens (including phenoxy) is 3. The quantitative estimate of drug-likeness (QED) is 0.813. The molecule has 1 unspecified atom stereocenters. The molecule has 1 aromatic carbocycles. The van der Waals surface area contributed by atoms with Crippen molar-refractivity contribution in [3.8, 4) is 17.2 Å². The number of aliphatic hydroxyl groups excluding tert-OH is 1. The minimum absolute atomic E-state index is 0.147. The largest absolute Gasteiger partial charge is 0.480 e. The van der Waals surface area contributed by atoms with Gasteiger partial charge < -0.3 is 24.6 Å². The number of fused-ring (bicyclic) bond motifs is 1. The highest BCUT2D eigenvalue weighted by atomic mass is 16.7. The van der Waals surface area contributed by atoms with Gasteiger partial charge in [-0.3, -0.25) is 4.79 Å². The zero-order chi connectivity index (χ0) is 13.1. The van der Waals surface area contributed by atoms with Crippen molar-refractivity contribution in [2.75, 3.05) is 13.8 Å². The van der Waals surface area contributed by atoms with Crippen LogP contribution in [-0.2, 0) is 11.4 Å². The minimum Gasteiger partial charge on any atom is -0.480 e. The van der Waals surface area contributed by atoms with E-state index in [0.29, 0.717) is 22.8 Å². The van der Waals surface area contributed by atoms with Crippen LogP contribution in [-0.4, -0.2) is 31.0 Å². The number of nitrogens with one attached hydrogen (secondary N) is 1. The summed E-state index contributed by atoms with van der Waals surface area (Å²) in [5.41, 5.74) is 0.551. The third kappa shape index (κ3) is 2.33. The maximum atomic E-state index is 11.4. The van der Waals surface area contributed by atoms with Crippen molar-refractivity contribution in [1.29, 1.82) is 0 Å². The molecule has 1 atom stereocenters. The molecule has 1 heterocycles. The van der Waals surface area contributed by atoms with Gasteiger partial charge in [-0.25, -0.2) is 0 Å². The van der Waals surface area contributed by atoms with E-state index < -0.39 is 6.10 Å². The summed E-state index contributed by atoms with van der Waals surface area (Å²) in [4.78, 5) is 11.4. The summed E-state index contributed by atoms with van der Waals surface area (Å²) in [6, 6.07) is 3.27. The molecule has 0 fully saturated rings. The van der Waals surface area contributed by atoms with Gasteiger partial charge in [0.25, 0.3) is 5.91 Å². The number of carbonyl (C=O) groups is 1. The van der Waals surface area contributed by atoms with Gasteiger partial charge in [0, 0.05) is 18.7 Å². The molecule has 1 aliphatic heterocycles. The second kappa shape index (κ2) is 5.14. The molecule has 0 radical (unpaired) electrons. The van der Waals surface area contributed by atoms with Gasteiger partial charge in [0.15, 0.2) is 17.6 Å². The van der Waals surface area contributed by atoms with Crippen LogP contribution in [0.5, 0.6) is 17.2 Å². The first-order valence-electron chi connectivity index (χ1n) is 5.57. The smallest absolute Gasteiger partial charge is 0.260 e. The summed E-state index contributed by atoms with van der Waals surface area (Å²) >= 11 is 0. The molecule has 0 aromatic heterocycles. The first kappa shape index (κ1) is 12.5. The van der Waals surface area contributed by atoms with Crippen LogP contribution in [0.25, 0.3) is 0 Å². The van der Waals surface area contributed by atoms with Gasteiger partial charge in [-0.15, -0.1) is 0 Å². The Labute approximate surface area is 104 Å².